The highest BCUT2D eigenvalue weighted by atomic mass is 16.1. The van der Waals surface area contributed by atoms with Gasteiger partial charge in [-0.15, -0.1) is 0 Å². The van der Waals surface area contributed by atoms with Gasteiger partial charge >= 0.3 is 0 Å². The van der Waals surface area contributed by atoms with E-state index in [4.69, 9.17) is 5.73 Å². The standard InChI is InChI=1S/C14H21NO/c1-5-10(3)13(15)14(16)12-7-6-9(2)8-11(12)4/h6-8,10,13H,5,15H2,1-4H3. The van der Waals surface area contributed by atoms with Crippen molar-refractivity contribution in [3.05, 3.63) is 34.9 Å². The molecule has 0 aliphatic rings. The van der Waals surface area contributed by atoms with E-state index in [2.05, 4.69) is 6.92 Å². The van der Waals surface area contributed by atoms with Crippen molar-refractivity contribution in [2.75, 3.05) is 0 Å². The summed E-state index contributed by atoms with van der Waals surface area (Å²) in [5.41, 5.74) is 8.91. The highest BCUT2D eigenvalue weighted by Gasteiger charge is 2.21. The lowest BCUT2D eigenvalue weighted by Gasteiger charge is -2.18. The Kier molecular flexibility index (Phi) is 4.25. The fourth-order valence-corrected chi connectivity index (χ4v) is 1.78. The maximum atomic E-state index is 12.2. The first-order valence-electron chi connectivity index (χ1n) is 5.84. The van der Waals surface area contributed by atoms with Crippen molar-refractivity contribution in [2.24, 2.45) is 11.7 Å². The first-order valence-corrected chi connectivity index (χ1v) is 5.84. The van der Waals surface area contributed by atoms with Crippen molar-refractivity contribution in [3.63, 3.8) is 0 Å². The maximum Gasteiger partial charge on any atom is 0.180 e. The molecule has 2 unspecified atom stereocenters. The van der Waals surface area contributed by atoms with E-state index in [0.29, 0.717) is 0 Å². The molecule has 2 atom stereocenters. The van der Waals surface area contributed by atoms with Crippen molar-refractivity contribution < 1.29 is 4.79 Å². The van der Waals surface area contributed by atoms with E-state index in [-0.39, 0.29) is 17.7 Å². The Morgan fingerprint density at radius 1 is 1.38 bits per heavy atom. The number of aryl methyl sites for hydroxylation is 2. The second-order valence-corrected chi connectivity index (χ2v) is 4.59. The van der Waals surface area contributed by atoms with Crippen LogP contribution in [0.3, 0.4) is 0 Å². The van der Waals surface area contributed by atoms with Gasteiger partial charge in [0.25, 0.3) is 0 Å². The summed E-state index contributed by atoms with van der Waals surface area (Å²) in [7, 11) is 0. The lowest BCUT2D eigenvalue weighted by atomic mass is 9.90. The summed E-state index contributed by atoms with van der Waals surface area (Å²) in [6.45, 7) is 8.06. The molecule has 0 aliphatic heterocycles. The van der Waals surface area contributed by atoms with Gasteiger partial charge in [-0.1, -0.05) is 44.0 Å². The third kappa shape index (κ3) is 2.70. The van der Waals surface area contributed by atoms with Gasteiger partial charge in [0.05, 0.1) is 6.04 Å². The molecule has 0 saturated heterocycles. The van der Waals surface area contributed by atoms with Crippen LogP contribution in [0.2, 0.25) is 0 Å². The molecule has 16 heavy (non-hydrogen) atoms. The second kappa shape index (κ2) is 5.26. The second-order valence-electron chi connectivity index (χ2n) is 4.59. The summed E-state index contributed by atoms with van der Waals surface area (Å²) in [5.74, 6) is 0.292. The average molecular weight is 219 g/mol. The fraction of sp³-hybridized carbons (Fsp3) is 0.500. The van der Waals surface area contributed by atoms with Crippen LogP contribution in [0.25, 0.3) is 0 Å². The summed E-state index contributed by atoms with van der Waals surface area (Å²) in [6.07, 6.45) is 0.928. The summed E-state index contributed by atoms with van der Waals surface area (Å²) in [6, 6.07) is 5.49. The van der Waals surface area contributed by atoms with E-state index in [1.54, 1.807) is 0 Å². The van der Waals surface area contributed by atoms with Crippen LogP contribution in [0.1, 0.15) is 41.8 Å². The molecule has 0 heterocycles. The van der Waals surface area contributed by atoms with Crippen molar-refractivity contribution >= 4 is 5.78 Å². The van der Waals surface area contributed by atoms with Gasteiger partial charge in [0.1, 0.15) is 0 Å². The molecule has 2 N–H and O–H groups in total. The number of carbonyl (C=O) groups is 1. The zero-order valence-electron chi connectivity index (χ0n) is 10.6. The number of carbonyl (C=O) groups excluding carboxylic acids is 1. The van der Waals surface area contributed by atoms with Crippen LogP contribution in [0.15, 0.2) is 18.2 Å². The van der Waals surface area contributed by atoms with Crippen LogP contribution in [-0.2, 0) is 0 Å². The summed E-state index contributed by atoms with van der Waals surface area (Å²) < 4.78 is 0. The van der Waals surface area contributed by atoms with Gasteiger partial charge in [-0.2, -0.15) is 0 Å². The van der Waals surface area contributed by atoms with Gasteiger partial charge in [0, 0.05) is 5.56 Å². The van der Waals surface area contributed by atoms with Crippen LogP contribution in [0, 0.1) is 19.8 Å². The minimum Gasteiger partial charge on any atom is -0.321 e. The normalized spacial score (nSPS) is 14.6. The number of hydrogen-bond acceptors (Lipinski definition) is 2. The minimum atomic E-state index is -0.383. The molecule has 0 amide bonds. The van der Waals surface area contributed by atoms with E-state index in [9.17, 15) is 4.79 Å². The Labute approximate surface area is 97.9 Å². The predicted octanol–water partition coefficient (Wildman–Crippen LogP) is 2.86. The molecule has 1 rings (SSSR count). The van der Waals surface area contributed by atoms with Gasteiger partial charge in [0.15, 0.2) is 5.78 Å². The Bertz CT molecular complexity index is 384. The topological polar surface area (TPSA) is 43.1 Å². The minimum absolute atomic E-state index is 0.0619. The Morgan fingerprint density at radius 2 is 2.00 bits per heavy atom. The number of rotatable bonds is 4. The molecule has 0 saturated carbocycles. The SMILES string of the molecule is CCC(C)C(N)C(=O)c1ccc(C)cc1C. The van der Waals surface area contributed by atoms with Crippen molar-refractivity contribution in [3.8, 4) is 0 Å². The van der Waals surface area contributed by atoms with Crippen molar-refractivity contribution in [1.29, 1.82) is 0 Å². The van der Waals surface area contributed by atoms with Gasteiger partial charge < -0.3 is 5.73 Å². The lowest BCUT2D eigenvalue weighted by molar-refractivity contribution is 0.0934. The molecule has 0 fully saturated rings. The van der Waals surface area contributed by atoms with Gasteiger partial charge in [-0.25, -0.2) is 0 Å². The number of ketones is 1. The zero-order chi connectivity index (χ0) is 12.3. The van der Waals surface area contributed by atoms with Crippen LogP contribution in [-0.4, -0.2) is 11.8 Å². The smallest absolute Gasteiger partial charge is 0.180 e. The molecule has 88 valence electrons. The molecule has 2 heteroatoms. The largest absolute Gasteiger partial charge is 0.321 e. The van der Waals surface area contributed by atoms with Crippen LogP contribution in [0.4, 0.5) is 0 Å². The van der Waals surface area contributed by atoms with Crippen molar-refractivity contribution in [2.45, 2.75) is 40.2 Å². The highest BCUT2D eigenvalue weighted by Crippen LogP contribution is 2.16. The third-order valence-electron chi connectivity index (χ3n) is 3.21. The molecule has 1 aromatic rings. The Morgan fingerprint density at radius 3 is 2.50 bits per heavy atom. The number of nitrogens with two attached hydrogens (primary N) is 1. The van der Waals surface area contributed by atoms with E-state index >= 15 is 0 Å². The van der Waals surface area contributed by atoms with E-state index in [0.717, 1.165) is 17.5 Å². The first kappa shape index (κ1) is 12.9. The molecular formula is C14H21NO. The van der Waals surface area contributed by atoms with Gasteiger partial charge in [-0.05, 0) is 25.3 Å². The number of hydrogen-bond donors (Lipinski definition) is 1. The monoisotopic (exact) mass is 219 g/mol. The van der Waals surface area contributed by atoms with Crippen LogP contribution < -0.4 is 5.73 Å². The molecule has 0 radical (unpaired) electrons. The van der Waals surface area contributed by atoms with Gasteiger partial charge in [-0.3, -0.25) is 4.79 Å². The number of Topliss-reactive ketones (excluding diaryl/α,β-unsaturated/α-hetero) is 1. The molecular weight excluding hydrogens is 198 g/mol. The van der Waals surface area contributed by atoms with Crippen LogP contribution in [0.5, 0.6) is 0 Å². The maximum absolute atomic E-state index is 12.2. The molecule has 1 aromatic carbocycles. The average Bonchev–Trinajstić information content (AvgIpc) is 2.26. The quantitative estimate of drug-likeness (QED) is 0.791. The highest BCUT2D eigenvalue weighted by molar-refractivity contribution is 6.01. The Hall–Kier alpha value is -1.15. The molecule has 0 spiro atoms. The third-order valence-corrected chi connectivity index (χ3v) is 3.21. The van der Waals surface area contributed by atoms with E-state index in [1.165, 1.54) is 5.56 Å². The first-order chi connectivity index (χ1) is 7.47. The van der Waals surface area contributed by atoms with E-state index < -0.39 is 0 Å². The van der Waals surface area contributed by atoms with Gasteiger partial charge in [0.2, 0.25) is 0 Å². The van der Waals surface area contributed by atoms with Crippen molar-refractivity contribution in [1.82, 2.24) is 0 Å². The summed E-state index contributed by atoms with van der Waals surface area (Å²) in [4.78, 5) is 12.2. The fourth-order valence-electron chi connectivity index (χ4n) is 1.78. The molecule has 0 aromatic heterocycles. The predicted molar refractivity (Wildman–Crippen MR) is 67.7 cm³/mol. The molecule has 0 aliphatic carbocycles. The summed E-state index contributed by atoms with van der Waals surface area (Å²) >= 11 is 0. The number of benzene rings is 1. The zero-order valence-corrected chi connectivity index (χ0v) is 10.6. The molecule has 0 bridgehead atoms. The molecule has 2 nitrogen and oxygen atoms in total. The lowest BCUT2D eigenvalue weighted by Crippen LogP contribution is -2.36. The van der Waals surface area contributed by atoms with Crippen LogP contribution >= 0.6 is 0 Å². The summed E-state index contributed by atoms with van der Waals surface area (Å²) in [5, 5.41) is 0. The Balaban J connectivity index is 2.96. The van der Waals surface area contributed by atoms with E-state index in [1.807, 2.05) is 39.0 Å².